The fourth-order valence-electron chi connectivity index (χ4n) is 3.88. The van der Waals surface area contributed by atoms with Crippen molar-refractivity contribution in [3.63, 3.8) is 0 Å². The molecule has 4 aromatic rings. The number of nitrogens with zero attached hydrogens (tertiary/aromatic N) is 6. The third-order valence-corrected chi connectivity index (χ3v) is 6.07. The first-order chi connectivity index (χ1) is 17.5. The highest BCUT2D eigenvalue weighted by atomic mass is 35.5. The number of nitrogen functional groups attached to an aromatic ring is 1. The largest absolute Gasteiger partial charge is 0.474 e. The van der Waals surface area contributed by atoms with Crippen molar-refractivity contribution in [2.45, 2.75) is 45.8 Å². The van der Waals surface area contributed by atoms with E-state index in [9.17, 15) is 5.11 Å². The minimum atomic E-state index is -0.966. The molecule has 0 aliphatic rings. The number of aryl methyl sites for hydroxylation is 2. The van der Waals surface area contributed by atoms with Crippen molar-refractivity contribution >= 4 is 23.1 Å². The normalized spacial score (nSPS) is 12.4. The van der Waals surface area contributed by atoms with E-state index in [-0.39, 0.29) is 6.10 Å². The number of anilines is 2. The van der Waals surface area contributed by atoms with E-state index in [1.807, 2.05) is 33.0 Å². The molecule has 4 rings (SSSR count). The minimum Gasteiger partial charge on any atom is -0.474 e. The quantitative estimate of drug-likeness (QED) is 0.273. The number of rotatable bonds is 9. The van der Waals surface area contributed by atoms with Gasteiger partial charge in [0.2, 0.25) is 5.88 Å². The number of hydrogen-bond donors (Lipinski definition) is 3. The molecule has 0 aliphatic carbocycles. The second-order valence-corrected chi connectivity index (χ2v) is 9.77. The summed E-state index contributed by atoms with van der Waals surface area (Å²) < 4.78 is 7.96. The van der Waals surface area contributed by atoms with Crippen molar-refractivity contribution in [1.29, 1.82) is 0 Å². The Hall–Kier alpha value is -3.76. The molecule has 0 spiro atoms. The molecule has 0 saturated heterocycles. The molecule has 4 N–H and O–H groups in total. The predicted molar refractivity (Wildman–Crippen MR) is 144 cm³/mol. The molecule has 194 valence electrons. The Morgan fingerprint density at radius 2 is 1.97 bits per heavy atom. The second kappa shape index (κ2) is 10.7. The summed E-state index contributed by atoms with van der Waals surface area (Å²) in [5, 5.41) is 18.5. The highest BCUT2D eigenvalue weighted by molar-refractivity contribution is 6.29. The fourth-order valence-corrected chi connectivity index (χ4v) is 4.04. The Bertz CT molecular complexity index is 1380. The molecule has 37 heavy (non-hydrogen) atoms. The lowest BCUT2D eigenvalue weighted by atomic mass is 9.99. The number of halogens is 1. The van der Waals surface area contributed by atoms with Crippen LogP contribution in [-0.2, 0) is 12.6 Å². The van der Waals surface area contributed by atoms with Gasteiger partial charge in [0, 0.05) is 55.4 Å². The molecule has 0 fully saturated rings. The first-order valence-corrected chi connectivity index (χ1v) is 12.3. The maximum atomic E-state index is 10.2. The van der Waals surface area contributed by atoms with Crippen LogP contribution in [0.2, 0.25) is 5.15 Å². The van der Waals surface area contributed by atoms with Crippen molar-refractivity contribution in [2.24, 2.45) is 7.05 Å². The number of hydrogen-bond acceptors (Lipinski definition) is 9. The molecule has 0 bridgehead atoms. The van der Waals surface area contributed by atoms with Gasteiger partial charge < -0.3 is 20.9 Å². The molecule has 10 nitrogen and oxygen atoms in total. The van der Waals surface area contributed by atoms with E-state index >= 15 is 0 Å². The SMILES string of the molecule is Cc1nn(C)c(O[C@H](C)CCNc2cc(Cl)ncc2-c2ccc(C(C)(C)O)cn2)c1-c1nccc(N)n1. The first kappa shape index (κ1) is 26.3. The third-order valence-electron chi connectivity index (χ3n) is 5.87. The van der Waals surface area contributed by atoms with E-state index in [2.05, 4.69) is 30.4 Å². The van der Waals surface area contributed by atoms with Crippen molar-refractivity contribution in [1.82, 2.24) is 29.7 Å². The monoisotopic (exact) mass is 522 g/mol. The molecule has 0 aliphatic heterocycles. The summed E-state index contributed by atoms with van der Waals surface area (Å²) in [5.74, 6) is 1.44. The summed E-state index contributed by atoms with van der Waals surface area (Å²) in [6, 6.07) is 7.13. The highest BCUT2D eigenvalue weighted by Crippen LogP contribution is 2.32. The summed E-state index contributed by atoms with van der Waals surface area (Å²) >= 11 is 6.18. The summed E-state index contributed by atoms with van der Waals surface area (Å²) in [5.41, 5.74) is 9.44. The third kappa shape index (κ3) is 6.15. The summed E-state index contributed by atoms with van der Waals surface area (Å²) in [7, 11) is 1.82. The van der Waals surface area contributed by atoms with Gasteiger partial charge in [-0.1, -0.05) is 17.7 Å². The van der Waals surface area contributed by atoms with Gasteiger partial charge in [-0.3, -0.25) is 4.98 Å². The standard InChI is InChI=1S/C26H31ClN8O2/c1-15(37-25-23(16(2)34-35(25)5)24-30-11-9-22(28)33-24)8-10-29-20-12-21(27)32-14-18(20)19-7-6-17(13-31-19)26(3,4)36/h6-7,9,11-15,36H,8,10H2,1-5H3,(H,29,32)(H2,28,30,33)/t15-/m1/s1. The van der Waals surface area contributed by atoms with E-state index in [0.717, 1.165) is 33.8 Å². The van der Waals surface area contributed by atoms with Crippen molar-refractivity contribution < 1.29 is 9.84 Å². The molecular weight excluding hydrogens is 492 g/mol. The van der Waals surface area contributed by atoms with Gasteiger partial charge in [0.15, 0.2) is 5.82 Å². The molecule has 0 radical (unpaired) electrons. The van der Waals surface area contributed by atoms with Crippen LogP contribution in [0.3, 0.4) is 0 Å². The van der Waals surface area contributed by atoms with Crippen molar-refractivity contribution in [3.8, 4) is 28.5 Å². The summed E-state index contributed by atoms with van der Waals surface area (Å²) in [6.45, 7) is 7.93. The van der Waals surface area contributed by atoms with E-state index in [0.29, 0.717) is 35.6 Å². The Morgan fingerprint density at radius 1 is 1.19 bits per heavy atom. The smallest absolute Gasteiger partial charge is 0.223 e. The van der Waals surface area contributed by atoms with E-state index in [1.165, 1.54) is 0 Å². The van der Waals surface area contributed by atoms with Gasteiger partial charge in [-0.15, -0.1) is 0 Å². The van der Waals surface area contributed by atoms with E-state index in [4.69, 9.17) is 22.1 Å². The number of pyridine rings is 2. The molecule has 4 heterocycles. The fraction of sp³-hybridized carbons (Fsp3) is 0.346. The Morgan fingerprint density at radius 3 is 2.65 bits per heavy atom. The van der Waals surface area contributed by atoms with E-state index < -0.39 is 5.60 Å². The van der Waals surface area contributed by atoms with Crippen LogP contribution in [0.25, 0.3) is 22.6 Å². The average molecular weight is 523 g/mol. The molecule has 1 atom stereocenters. The highest BCUT2D eigenvalue weighted by Gasteiger charge is 2.21. The number of aromatic nitrogens is 6. The van der Waals surface area contributed by atoms with Gasteiger partial charge in [-0.2, -0.15) is 5.10 Å². The van der Waals surface area contributed by atoms with Gasteiger partial charge in [-0.25, -0.2) is 19.6 Å². The molecule has 11 heteroatoms. The van der Waals surface area contributed by atoms with Gasteiger partial charge in [0.1, 0.15) is 16.5 Å². The lowest BCUT2D eigenvalue weighted by Gasteiger charge is -2.19. The van der Waals surface area contributed by atoms with Gasteiger partial charge >= 0.3 is 0 Å². The molecule has 0 saturated carbocycles. The van der Waals surface area contributed by atoms with Crippen molar-refractivity contribution in [2.75, 3.05) is 17.6 Å². The first-order valence-electron chi connectivity index (χ1n) is 11.9. The number of aliphatic hydroxyl groups is 1. The maximum Gasteiger partial charge on any atom is 0.223 e. The Labute approximate surface area is 220 Å². The average Bonchev–Trinajstić information content (AvgIpc) is 3.11. The number of nitrogens with one attached hydrogen (secondary N) is 1. The zero-order chi connectivity index (χ0) is 26.7. The lowest BCUT2D eigenvalue weighted by molar-refractivity contribution is 0.0782. The van der Waals surface area contributed by atoms with Crippen LogP contribution in [0.5, 0.6) is 5.88 Å². The minimum absolute atomic E-state index is 0.146. The Balaban J connectivity index is 1.46. The lowest BCUT2D eigenvalue weighted by Crippen LogP contribution is -2.19. The van der Waals surface area contributed by atoms with Crippen LogP contribution in [-0.4, -0.2) is 47.5 Å². The van der Waals surface area contributed by atoms with Gasteiger partial charge in [0.25, 0.3) is 0 Å². The predicted octanol–water partition coefficient (Wildman–Crippen LogP) is 4.38. The molecule has 0 amide bonds. The number of nitrogens with two attached hydrogens (primary N) is 1. The number of ether oxygens (including phenoxy) is 1. The zero-order valence-corrected chi connectivity index (χ0v) is 22.3. The summed E-state index contributed by atoms with van der Waals surface area (Å²) in [6.07, 6.45) is 5.51. The van der Waals surface area contributed by atoms with Crippen LogP contribution in [0.15, 0.2) is 42.9 Å². The zero-order valence-electron chi connectivity index (χ0n) is 21.5. The Kier molecular flexibility index (Phi) is 7.60. The van der Waals surface area contributed by atoms with Crippen LogP contribution >= 0.6 is 11.6 Å². The van der Waals surface area contributed by atoms with Gasteiger partial charge in [0.05, 0.1) is 23.1 Å². The van der Waals surface area contributed by atoms with Crippen molar-refractivity contribution in [3.05, 3.63) is 59.3 Å². The molecule has 0 unspecified atom stereocenters. The van der Waals surface area contributed by atoms with Crippen LogP contribution < -0.4 is 15.8 Å². The van der Waals surface area contributed by atoms with Gasteiger partial charge in [-0.05, 0) is 45.9 Å². The van der Waals surface area contributed by atoms with Crippen LogP contribution in [0.1, 0.15) is 38.4 Å². The van der Waals surface area contributed by atoms with Crippen LogP contribution in [0.4, 0.5) is 11.5 Å². The van der Waals surface area contributed by atoms with E-state index in [1.54, 1.807) is 49.3 Å². The molecule has 0 aromatic carbocycles. The molecular formula is C26H31ClN8O2. The van der Waals surface area contributed by atoms with Crippen LogP contribution in [0, 0.1) is 6.92 Å². The molecule has 4 aromatic heterocycles. The summed E-state index contributed by atoms with van der Waals surface area (Å²) in [4.78, 5) is 17.4. The topological polar surface area (TPSA) is 137 Å². The second-order valence-electron chi connectivity index (χ2n) is 9.38. The maximum absolute atomic E-state index is 10.2.